The maximum absolute atomic E-state index is 13.4. The van der Waals surface area contributed by atoms with E-state index in [0.717, 1.165) is 11.1 Å². The molecule has 0 spiro atoms. The Morgan fingerprint density at radius 3 is 2.65 bits per heavy atom. The van der Waals surface area contributed by atoms with Crippen molar-refractivity contribution in [1.29, 1.82) is 0 Å². The van der Waals surface area contributed by atoms with Crippen LogP contribution in [0.3, 0.4) is 0 Å². The molecule has 0 amide bonds. The van der Waals surface area contributed by atoms with Crippen molar-refractivity contribution >= 4 is 34.6 Å². The van der Waals surface area contributed by atoms with Crippen LogP contribution in [0.25, 0.3) is 17.0 Å². The van der Waals surface area contributed by atoms with Gasteiger partial charge in [0.2, 0.25) is 5.88 Å². The van der Waals surface area contributed by atoms with Crippen LogP contribution in [-0.4, -0.2) is 25.4 Å². The van der Waals surface area contributed by atoms with Crippen LogP contribution in [0.15, 0.2) is 66.2 Å². The highest BCUT2D eigenvalue weighted by molar-refractivity contribution is 6.36. The lowest BCUT2D eigenvalue weighted by atomic mass is 9.70. The number of hydrogen-bond acceptors (Lipinski definition) is 5. The van der Waals surface area contributed by atoms with Gasteiger partial charge in [-0.05, 0) is 29.2 Å². The van der Waals surface area contributed by atoms with Gasteiger partial charge in [-0.1, -0.05) is 67.4 Å². The second-order valence-electron chi connectivity index (χ2n) is 9.51. The number of rotatable bonds is 2. The summed E-state index contributed by atoms with van der Waals surface area (Å²) in [7, 11) is 0. The van der Waals surface area contributed by atoms with Gasteiger partial charge in [-0.3, -0.25) is 4.79 Å². The number of carbonyl (C=O) groups is 1. The van der Waals surface area contributed by atoms with E-state index in [0.29, 0.717) is 57.1 Å². The SMILES string of the molecule is CC1(C)CC(=O)C2=C(C1)Oc1ncn3nc(-c4ccc(Cl)cc4Cl)nc3c1[C@H]2c1ccccc1. The Labute approximate surface area is 206 Å². The van der Waals surface area contributed by atoms with Crippen molar-refractivity contribution < 1.29 is 9.53 Å². The van der Waals surface area contributed by atoms with Crippen molar-refractivity contribution in [2.45, 2.75) is 32.6 Å². The van der Waals surface area contributed by atoms with Crippen LogP contribution in [0.4, 0.5) is 0 Å². The van der Waals surface area contributed by atoms with Crippen LogP contribution in [-0.2, 0) is 4.79 Å². The minimum Gasteiger partial charge on any atom is -0.442 e. The molecule has 6 nitrogen and oxygen atoms in total. The molecule has 1 atom stereocenters. The Morgan fingerprint density at radius 2 is 1.88 bits per heavy atom. The number of nitrogens with zero attached hydrogens (tertiary/aromatic N) is 4. The average molecular weight is 491 g/mol. The van der Waals surface area contributed by atoms with E-state index in [1.165, 1.54) is 0 Å². The number of benzene rings is 2. The number of ether oxygens (including phenoxy) is 1. The highest BCUT2D eigenvalue weighted by Gasteiger charge is 2.43. The van der Waals surface area contributed by atoms with Gasteiger partial charge in [0.15, 0.2) is 17.3 Å². The summed E-state index contributed by atoms with van der Waals surface area (Å²) in [5.74, 6) is 1.33. The number of halogens is 2. The second-order valence-corrected chi connectivity index (χ2v) is 10.4. The molecule has 8 heteroatoms. The molecule has 0 unspecified atom stereocenters. The number of carbonyl (C=O) groups excluding carboxylic acids is 1. The largest absolute Gasteiger partial charge is 0.442 e. The molecule has 1 aliphatic heterocycles. The van der Waals surface area contributed by atoms with Crippen molar-refractivity contribution in [3.05, 3.63) is 87.4 Å². The van der Waals surface area contributed by atoms with Gasteiger partial charge in [0.1, 0.15) is 12.1 Å². The molecular weight excluding hydrogens is 471 g/mol. The first kappa shape index (κ1) is 21.3. The molecule has 0 radical (unpaired) electrons. The first-order valence-electron chi connectivity index (χ1n) is 11.0. The fourth-order valence-corrected chi connectivity index (χ4v) is 5.40. The number of aromatic nitrogens is 4. The Kier molecular flexibility index (Phi) is 4.80. The minimum absolute atomic E-state index is 0.0910. The van der Waals surface area contributed by atoms with Crippen LogP contribution in [0, 0.1) is 5.41 Å². The number of hydrogen-bond donors (Lipinski definition) is 0. The van der Waals surface area contributed by atoms with Crippen molar-refractivity contribution in [2.75, 3.05) is 0 Å². The molecule has 2 aromatic heterocycles. The van der Waals surface area contributed by atoms with Crippen molar-refractivity contribution in [3.8, 4) is 17.3 Å². The van der Waals surface area contributed by atoms with Gasteiger partial charge in [-0.15, -0.1) is 5.10 Å². The van der Waals surface area contributed by atoms with E-state index in [4.69, 9.17) is 32.9 Å². The third-order valence-corrected chi connectivity index (χ3v) is 6.92. The number of ketones is 1. The number of allylic oxidation sites excluding steroid dienone is 2. The summed E-state index contributed by atoms with van der Waals surface area (Å²) >= 11 is 12.5. The normalized spacial score (nSPS) is 19.1. The van der Waals surface area contributed by atoms with E-state index in [1.807, 2.05) is 30.3 Å². The zero-order valence-electron chi connectivity index (χ0n) is 18.5. The van der Waals surface area contributed by atoms with Crippen LogP contribution in [0.1, 0.15) is 43.7 Å². The lowest BCUT2D eigenvalue weighted by molar-refractivity contribution is -0.118. The van der Waals surface area contributed by atoms with Gasteiger partial charge in [0, 0.05) is 34.9 Å². The summed E-state index contributed by atoms with van der Waals surface area (Å²) in [5, 5.41) is 5.60. The molecule has 170 valence electrons. The molecule has 6 rings (SSSR count). The summed E-state index contributed by atoms with van der Waals surface area (Å²) in [6.07, 6.45) is 2.71. The van der Waals surface area contributed by atoms with Crippen molar-refractivity contribution in [3.63, 3.8) is 0 Å². The maximum atomic E-state index is 13.4. The molecule has 1 aliphatic carbocycles. The third-order valence-electron chi connectivity index (χ3n) is 6.37. The van der Waals surface area contributed by atoms with E-state index >= 15 is 0 Å². The molecular formula is C26H20Cl2N4O2. The third kappa shape index (κ3) is 3.40. The van der Waals surface area contributed by atoms with Crippen LogP contribution >= 0.6 is 23.2 Å². The number of Topliss-reactive ketones (excluding diaryl/α,β-unsaturated/α-hetero) is 1. The summed E-state index contributed by atoms with van der Waals surface area (Å²) < 4.78 is 7.89. The first-order valence-corrected chi connectivity index (χ1v) is 11.8. The van der Waals surface area contributed by atoms with E-state index in [1.54, 1.807) is 29.0 Å². The predicted octanol–water partition coefficient (Wildman–Crippen LogP) is 6.27. The van der Waals surface area contributed by atoms with Gasteiger partial charge in [-0.2, -0.15) is 0 Å². The molecule has 0 saturated heterocycles. The van der Waals surface area contributed by atoms with Crippen LogP contribution in [0.5, 0.6) is 5.88 Å². The van der Waals surface area contributed by atoms with Gasteiger partial charge < -0.3 is 4.74 Å². The zero-order chi connectivity index (χ0) is 23.6. The second kappa shape index (κ2) is 7.65. The number of fused-ring (bicyclic) bond motifs is 3. The monoisotopic (exact) mass is 490 g/mol. The molecule has 0 fully saturated rings. The summed E-state index contributed by atoms with van der Waals surface area (Å²) in [4.78, 5) is 22.8. The first-order chi connectivity index (χ1) is 16.3. The predicted molar refractivity (Wildman–Crippen MR) is 130 cm³/mol. The summed E-state index contributed by atoms with van der Waals surface area (Å²) in [5.41, 5.74) is 3.45. The molecule has 3 heterocycles. The fourth-order valence-electron chi connectivity index (χ4n) is 4.91. The zero-order valence-corrected chi connectivity index (χ0v) is 20.1. The summed E-state index contributed by atoms with van der Waals surface area (Å²) in [6.45, 7) is 4.17. The molecule has 2 aliphatic rings. The lowest BCUT2D eigenvalue weighted by Crippen LogP contribution is -2.33. The van der Waals surface area contributed by atoms with E-state index in [-0.39, 0.29) is 17.1 Å². The molecule has 4 aromatic rings. The Hall–Kier alpha value is -3.22. The van der Waals surface area contributed by atoms with Crippen LogP contribution < -0.4 is 4.74 Å². The van der Waals surface area contributed by atoms with Crippen LogP contribution in [0.2, 0.25) is 10.0 Å². The van der Waals surface area contributed by atoms with Crippen molar-refractivity contribution in [1.82, 2.24) is 19.6 Å². The quantitative estimate of drug-likeness (QED) is 0.331. The highest BCUT2D eigenvalue weighted by atomic mass is 35.5. The average Bonchev–Trinajstić information content (AvgIpc) is 3.21. The lowest BCUT2D eigenvalue weighted by Gasteiger charge is -2.37. The van der Waals surface area contributed by atoms with Gasteiger partial charge >= 0.3 is 0 Å². The van der Waals surface area contributed by atoms with Gasteiger partial charge in [0.25, 0.3) is 0 Å². The Balaban J connectivity index is 1.60. The summed E-state index contributed by atoms with van der Waals surface area (Å²) in [6, 6.07) is 15.1. The van der Waals surface area contributed by atoms with E-state index < -0.39 is 0 Å². The maximum Gasteiger partial charge on any atom is 0.228 e. The fraction of sp³-hybridized carbons (Fsp3) is 0.231. The molecule has 2 aromatic carbocycles. The highest BCUT2D eigenvalue weighted by Crippen LogP contribution is 2.50. The topological polar surface area (TPSA) is 69.4 Å². The molecule has 0 bridgehead atoms. The Bertz CT molecular complexity index is 1510. The molecule has 0 N–H and O–H groups in total. The Morgan fingerprint density at radius 1 is 1.09 bits per heavy atom. The van der Waals surface area contributed by atoms with Gasteiger partial charge in [-0.25, -0.2) is 14.5 Å². The van der Waals surface area contributed by atoms with E-state index in [2.05, 4.69) is 23.9 Å². The smallest absolute Gasteiger partial charge is 0.228 e. The minimum atomic E-state index is -0.350. The van der Waals surface area contributed by atoms with Crippen molar-refractivity contribution in [2.24, 2.45) is 5.41 Å². The van der Waals surface area contributed by atoms with E-state index in [9.17, 15) is 4.79 Å². The molecule has 0 saturated carbocycles. The van der Waals surface area contributed by atoms with Gasteiger partial charge in [0.05, 0.1) is 10.6 Å². The standard InChI is InChI=1S/C26H20Cl2N4O2/c1-26(2)11-18(33)21-19(12-26)34-25-22(20(21)14-6-4-3-5-7-14)24-30-23(31-32(24)13-29-25)16-9-8-15(27)10-17(16)28/h3-10,13,20H,11-12H2,1-2H3/t20-/m0/s1. The molecule has 34 heavy (non-hydrogen) atoms.